The molecule has 0 aromatic carbocycles. The number of aliphatic hydroxyl groups excluding tert-OH is 1. The van der Waals surface area contributed by atoms with Crippen LogP contribution in [0.25, 0.3) is 0 Å². The van der Waals surface area contributed by atoms with Crippen molar-refractivity contribution in [2.75, 3.05) is 0 Å². The molecule has 0 aliphatic carbocycles. The average molecular weight is 259 g/mol. The Morgan fingerprint density at radius 1 is 1.79 bits per heavy atom. The molecule has 4 heteroatoms. The van der Waals surface area contributed by atoms with Gasteiger partial charge < -0.3 is 5.11 Å². The highest BCUT2D eigenvalue weighted by molar-refractivity contribution is 9.10. The van der Waals surface area contributed by atoms with E-state index in [-0.39, 0.29) is 0 Å². The van der Waals surface area contributed by atoms with E-state index in [0.29, 0.717) is 6.42 Å². The van der Waals surface area contributed by atoms with Crippen LogP contribution < -0.4 is 0 Å². The molecule has 1 N–H and O–H groups in total. The fourth-order valence-corrected chi connectivity index (χ4v) is 1.92. The first-order valence-corrected chi connectivity index (χ1v) is 5.50. The summed E-state index contributed by atoms with van der Waals surface area (Å²) < 4.78 is 2.69. The van der Waals surface area contributed by atoms with Gasteiger partial charge in [-0.2, -0.15) is 5.10 Å². The molecule has 78 valence electrons. The zero-order valence-electron chi connectivity index (χ0n) is 8.28. The van der Waals surface area contributed by atoms with Crippen LogP contribution in [-0.2, 0) is 6.54 Å². The van der Waals surface area contributed by atoms with Crippen LogP contribution in [0.5, 0.6) is 0 Å². The summed E-state index contributed by atoms with van der Waals surface area (Å²) in [7, 11) is 0. The first kappa shape index (κ1) is 11.5. The van der Waals surface area contributed by atoms with Gasteiger partial charge in [0.2, 0.25) is 0 Å². The summed E-state index contributed by atoms with van der Waals surface area (Å²) >= 11 is 3.38. The van der Waals surface area contributed by atoms with E-state index in [1.54, 1.807) is 12.3 Å². The molecule has 0 aliphatic heterocycles. The molecule has 1 rings (SSSR count). The fraction of sp³-hybridized carbons (Fsp3) is 0.500. The van der Waals surface area contributed by atoms with E-state index in [1.165, 1.54) is 0 Å². The molecule has 0 radical (unpaired) electrons. The lowest BCUT2D eigenvalue weighted by Crippen LogP contribution is -2.09. The number of aromatic nitrogens is 2. The van der Waals surface area contributed by atoms with Crippen molar-refractivity contribution in [1.82, 2.24) is 9.78 Å². The molecular formula is C10H15BrN2O. The Morgan fingerprint density at radius 3 is 3.07 bits per heavy atom. The molecule has 0 aliphatic rings. The summed E-state index contributed by atoms with van der Waals surface area (Å²) in [6.45, 7) is 6.52. The van der Waals surface area contributed by atoms with Crippen molar-refractivity contribution >= 4 is 15.9 Å². The monoisotopic (exact) mass is 258 g/mol. The molecule has 1 unspecified atom stereocenters. The molecule has 1 heterocycles. The van der Waals surface area contributed by atoms with Gasteiger partial charge in [-0.1, -0.05) is 13.0 Å². The van der Waals surface area contributed by atoms with Gasteiger partial charge in [-0.15, -0.1) is 6.58 Å². The molecule has 0 fully saturated rings. The van der Waals surface area contributed by atoms with E-state index in [9.17, 15) is 5.11 Å². The molecule has 0 saturated carbocycles. The second-order valence-electron chi connectivity index (χ2n) is 3.14. The van der Waals surface area contributed by atoms with Crippen LogP contribution in [0.3, 0.4) is 0 Å². The predicted octanol–water partition coefficient (Wildman–Crippen LogP) is 2.67. The molecule has 1 aromatic rings. The van der Waals surface area contributed by atoms with Crippen LogP contribution in [0.15, 0.2) is 23.3 Å². The van der Waals surface area contributed by atoms with Gasteiger partial charge in [0, 0.05) is 6.54 Å². The van der Waals surface area contributed by atoms with Gasteiger partial charge in [-0.05, 0) is 28.8 Å². The van der Waals surface area contributed by atoms with Gasteiger partial charge in [0.25, 0.3) is 0 Å². The number of halogens is 1. The second kappa shape index (κ2) is 5.32. The number of aryl methyl sites for hydroxylation is 1. The lowest BCUT2D eigenvalue weighted by molar-refractivity contribution is 0.169. The fourth-order valence-electron chi connectivity index (χ4n) is 1.36. The predicted molar refractivity (Wildman–Crippen MR) is 60.0 cm³/mol. The van der Waals surface area contributed by atoms with Crippen molar-refractivity contribution in [2.45, 2.75) is 32.4 Å². The molecule has 1 atom stereocenters. The lowest BCUT2D eigenvalue weighted by atomic mass is 10.2. The maximum Gasteiger partial charge on any atom is 0.100 e. The van der Waals surface area contributed by atoms with Crippen molar-refractivity contribution in [3.05, 3.63) is 29.0 Å². The Hall–Kier alpha value is -0.610. The van der Waals surface area contributed by atoms with Crippen LogP contribution in [0, 0.1) is 0 Å². The van der Waals surface area contributed by atoms with Crippen LogP contribution in [0.2, 0.25) is 0 Å². The number of hydrogen-bond acceptors (Lipinski definition) is 2. The van der Waals surface area contributed by atoms with Crippen molar-refractivity contribution in [2.24, 2.45) is 0 Å². The first-order valence-electron chi connectivity index (χ1n) is 4.70. The third-order valence-electron chi connectivity index (χ3n) is 1.97. The molecule has 1 aromatic heterocycles. The van der Waals surface area contributed by atoms with E-state index in [0.717, 1.165) is 23.1 Å². The minimum absolute atomic E-state index is 0.518. The Morgan fingerprint density at radius 2 is 2.50 bits per heavy atom. The molecular weight excluding hydrogens is 244 g/mol. The highest BCUT2D eigenvalue weighted by atomic mass is 79.9. The van der Waals surface area contributed by atoms with E-state index >= 15 is 0 Å². The zero-order chi connectivity index (χ0) is 10.6. The largest absolute Gasteiger partial charge is 0.386 e. The minimum Gasteiger partial charge on any atom is -0.386 e. The van der Waals surface area contributed by atoms with Gasteiger partial charge in [0.15, 0.2) is 0 Å². The summed E-state index contributed by atoms with van der Waals surface area (Å²) in [5, 5.41) is 14.0. The topological polar surface area (TPSA) is 38.1 Å². The Labute approximate surface area is 92.6 Å². The molecule has 3 nitrogen and oxygen atoms in total. The Balaban J connectivity index is 2.91. The quantitative estimate of drug-likeness (QED) is 0.825. The van der Waals surface area contributed by atoms with Gasteiger partial charge in [-0.3, -0.25) is 4.68 Å². The SMILES string of the molecule is C=CCC(O)c1c(Br)cnn1CCC. The van der Waals surface area contributed by atoms with E-state index in [4.69, 9.17) is 0 Å². The number of nitrogens with zero attached hydrogens (tertiary/aromatic N) is 2. The molecule has 0 saturated heterocycles. The van der Waals surface area contributed by atoms with E-state index < -0.39 is 6.10 Å². The summed E-state index contributed by atoms with van der Waals surface area (Å²) in [4.78, 5) is 0. The van der Waals surface area contributed by atoms with E-state index in [2.05, 4.69) is 34.5 Å². The summed E-state index contributed by atoms with van der Waals surface area (Å²) in [6, 6.07) is 0. The van der Waals surface area contributed by atoms with Crippen LogP contribution >= 0.6 is 15.9 Å². The highest BCUT2D eigenvalue weighted by Crippen LogP contribution is 2.25. The van der Waals surface area contributed by atoms with Gasteiger partial charge in [0.1, 0.15) is 6.10 Å². The standard InChI is InChI=1S/C10H15BrN2O/c1-3-5-9(14)10-8(11)7-12-13(10)6-4-2/h3,7,9,14H,1,4-6H2,2H3. The minimum atomic E-state index is -0.518. The van der Waals surface area contributed by atoms with Crippen LogP contribution in [-0.4, -0.2) is 14.9 Å². The maximum atomic E-state index is 9.84. The van der Waals surface area contributed by atoms with Crippen LogP contribution in [0.4, 0.5) is 0 Å². The van der Waals surface area contributed by atoms with Gasteiger partial charge in [0.05, 0.1) is 16.4 Å². The summed E-state index contributed by atoms with van der Waals surface area (Å²) in [5.74, 6) is 0. The first-order chi connectivity index (χ1) is 6.70. The third-order valence-corrected chi connectivity index (χ3v) is 2.59. The normalized spacial score (nSPS) is 12.8. The number of rotatable bonds is 5. The summed E-state index contributed by atoms with van der Waals surface area (Å²) in [5.41, 5.74) is 0.840. The third kappa shape index (κ3) is 2.45. The molecule has 14 heavy (non-hydrogen) atoms. The number of aliphatic hydroxyl groups is 1. The molecule has 0 spiro atoms. The van der Waals surface area contributed by atoms with Crippen molar-refractivity contribution < 1.29 is 5.11 Å². The zero-order valence-corrected chi connectivity index (χ0v) is 9.87. The second-order valence-corrected chi connectivity index (χ2v) is 4.00. The van der Waals surface area contributed by atoms with Crippen LogP contribution in [0.1, 0.15) is 31.6 Å². The van der Waals surface area contributed by atoms with Gasteiger partial charge >= 0.3 is 0 Å². The van der Waals surface area contributed by atoms with Gasteiger partial charge in [-0.25, -0.2) is 0 Å². The Kier molecular flexibility index (Phi) is 4.35. The Bertz CT molecular complexity index is 309. The van der Waals surface area contributed by atoms with Crippen molar-refractivity contribution in [1.29, 1.82) is 0 Å². The molecule has 0 amide bonds. The lowest BCUT2D eigenvalue weighted by Gasteiger charge is -2.11. The summed E-state index contributed by atoms with van der Waals surface area (Å²) in [6.07, 6.45) is 4.46. The van der Waals surface area contributed by atoms with Crippen molar-refractivity contribution in [3.63, 3.8) is 0 Å². The maximum absolute atomic E-state index is 9.84. The smallest absolute Gasteiger partial charge is 0.100 e. The average Bonchev–Trinajstić information content (AvgIpc) is 2.48. The number of hydrogen-bond donors (Lipinski definition) is 1. The van der Waals surface area contributed by atoms with Crippen molar-refractivity contribution in [3.8, 4) is 0 Å². The highest BCUT2D eigenvalue weighted by Gasteiger charge is 2.15. The molecule has 0 bridgehead atoms. The van der Waals surface area contributed by atoms with E-state index in [1.807, 2.05) is 4.68 Å².